The molecule has 4 aromatic heterocycles. The molecule has 12 nitrogen and oxygen atoms in total. The van der Waals surface area contributed by atoms with Gasteiger partial charge in [-0.15, -0.1) is 5.10 Å². The number of nitrogens with two attached hydrogens (primary N) is 1. The number of aromatic nitrogens is 8. The summed E-state index contributed by atoms with van der Waals surface area (Å²) in [6.45, 7) is 1.52. The number of piperidine rings is 1. The number of aliphatic hydroxyl groups is 1. The Balaban J connectivity index is 1.46. The van der Waals surface area contributed by atoms with E-state index in [0.29, 0.717) is 18.6 Å². The third kappa shape index (κ3) is 4.05. The molecule has 0 amide bonds. The van der Waals surface area contributed by atoms with Gasteiger partial charge in [0.25, 0.3) is 0 Å². The van der Waals surface area contributed by atoms with Gasteiger partial charge in [-0.3, -0.25) is 0 Å². The first-order valence-electron chi connectivity index (χ1n) is 12.1. The maximum absolute atomic E-state index is 9.66. The maximum Gasteiger partial charge on any atom is 0.219 e. The summed E-state index contributed by atoms with van der Waals surface area (Å²) in [5.41, 5.74) is 9.60. The van der Waals surface area contributed by atoms with Crippen molar-refractivity contribution in [3.05, 3.63) is 54.5 Å². The number of hydrogen-bond donors (Lipinski definition) is 3. The summed E-state index contributed by atoms with van der Waals surface area (Å²) < 4.78 is 3.55. The average molecular weight is 486 g/mol. The summed E-state index contributed by atoms with van der Waals surface area (Å²) in [4.78, 5) is 15.5. The number of nitrogens with zero attached hydrogens (tertiary/aromatic N) is 9. The number of benzene rings is 1. The fourth-order valence-corrected chi connectivity index (χ4v) is 4.81. The molecule has 1 atom stereocenters. The number of fused-ring (bicyclic) bond motifs is 2. The number of hydrogen-bond acceptors (Lipinski definition) is 10. The molecule has 1 saturated heterocycles. The van der Waals surface area contributed by atoms with Crippen molar-refractivity contribution in [2.75, 3.05) is 29.1 Å². The monoisotopic (exact) mass is 485 g/mol. The second-order valence-electron chi connectivity index (χ2n) is 8.91. The number of para-hydroxylation sites is 1. The van der Waals surface area contributed by atoms with Crippen LogP contribution in [0.4, 0.5) is 17.6 Å². The summed E-state index contributed by atoms with van der Waals surface area (Å²) in [5, 5.41) is 26.5. The van der Waals surface area contributed by atoms with Crippen LogP contribution in [0.25, 0.3) is 22.4 Å². The molecule has 1 fully saturated rings. The van der Waals surface area contributed by atoms with Gasteiger partial charge in [-0.1, -0.05) is 17.3 Å². The van der Waals surface area contributed by atoms with E-state index in [-0.39, 0.29) is 18.6 Å². The molecular formula is C24H27N11O. The fraction of sp³-hybridized carbons (Fsp3) is 0.333. The van der Waals surface area contributed by atoms with Crippen LogP contribution in [0, 0.1) is 0 Å². The van der Waals surface area contributed by atoms with Gasteiger partial charge in [0.15, 0.2) is 5.65 Å². The topological polar surface area (TPSA) is 148 Å². The van der Waals surface area contributed by atoms with Gasteiger partial charge < -0.3 is 21.1 Å². The van der Waals surface area contributed by atoms with E-state index in [2.05, 4.69) is 35.6 Å². The zero-order valence-corrected chi connectivity index (χ0v) is 19.7. The lowest BCUT2D eigenvalue weighted by atomic mass is 9.99. The van der Waals surface area contributed by atoms with Crippen LogP contribution >= 0.6 is 0 Å². The summed E-state index contributed by atoms with van der Waals surface area (Å²) in [6, 6.07) is 10.0. The smallest absolute Gasteiger partial charge is 0.219 e. The summed E-state index contributed by atoms with van der Waals surface area (Å²) in [7, 11) is 0. The maximum atomic E-state index is 9.66. The Hall–Kier alpha value is -4.32. The lowest BCUT2D eigenvalue weighted by Gasteiger charge is -2.36. The predicted molar refractivity (Wildman–Crippen MR) is 136 cm³/mol. The van der Waals surface area contributed by atoms with Crippen molar-refractivity contribution >= 4 is 34.3 Å². The number of rotatable bonds is 7. The van der Waals surface area contributed by atoms with Crippen molar-refractivity contribution in [1.82, 2.24) is 39.6 Å². The van der Waals surface area contributed by atoms with E-state index in [0.717, 1.165) is 59.7 Å². The Kier molecular flexibility index (Phi) is 5.77. The second-order valence-corrected chi connectivity index (χ2v) is 8.91. The molecular weight excluding hydrogens is 458 g/mol. The largest absolute Gasteiger partial charge is 0.396 e. The average Bonchev–Trinajstić information content (AvgIpc) is 3.53. The summed E-state index contributed by atoms with van der Waals surface area (Å²) in [6.07, 6.45) is 9.12. The Bertz CT molecular complexity index is 1490. The van der Waals surface area contributed by atoms with Crippen molar-refractivity contribution in [2.45, 2.75) is 38.3 Å². The summed E-state index contributed by atoms with van der Waals surface area (Å²) >= 11 is 0. The standard InChI is InChI=1S/C24H27N11O/c25-24-27-13-16(14-28-24)12-26-21-11-22(33-9-4-3-5-17(33)8-10-36)30-23-20(15-29-35(21)23)34-19-7-2-1-6-18(19)31-32-34/h1-2,6-7,11,13-15,17,26,36H,3-5,8-10,12H2,(H2,25,27,28)/t17-/m0/s1. The molecule has 1 aromatic carbocycles. The van der Waals surface area contributed by atoms with Crippen LogP contribution in [0.5, 0.6) is 0 Å². The lowest BCUT2D eigenvalue weighted by Crippen LogP contribution is -2.40. The van der Waals surface area contributed by atoms with Gasteiger partial charge in [0.05, 0.1) is 11.7 Å². The quantitative estimate of drug-likeness (QED) is 0.313. The van der Waals surface area contributed by atoms with Gasteiger partial charge in [0.1, 0.15) is 22.8 Å². The molecule has 6 rings (SSSR count). The first kappa shape index (κ1) is 22.2. The van der Waals surface area contributed by atoms with Crippen LogP contribution in [-0.2, 0) is 6.54 Å². The highest BCUT2D eigenvalue weighted by molar-refractivity contribution is 5.78. The van der Waals surface area contributed by atoms with Gasteiger partial charge in [-0.05, 0) is 37.8 Å². The van der Waals surface area contributed by atoms with Gasteiger partial charge >= 0.3 is 0 Å². The molecule has 1 aliphatic heterocycles. The molecule has 0 unspecified atom stereocenters. The highest BCUT2D eigenvalue weighted by Gasteiger charge is 2.25. The zero-order valence-electron chi connectivity index (χ0n) is 19.7. The molecule has 184 valence electrons. The molecule has 5 heterocycles. The van der Waals surface area contributed by atoms with Crippen LogP contribution in [0.15, 0.2) is 48.9 Å². The van der Waals surface area contributed by atoms with Gasteiger partial charge in [-0.2, -0.15) is 9.61 Å². The van der Waals surface area contributed by atoms with Crippen LogP contribution in [0.3, 0.4) is 0 Å². The van der Waals surface area contributed by atoms with E-state index < -0.39 is 0 Å². The minimum absolute atomic E-state index is 0.147. The van der Waals surface area contributed by atoms with Crippen LogP contribution in [0.2, 0.25) is 0 Å². The highest BCUT2D eigenvalue weighted by atomic mass is 16.3. The fourth-order valence-electron chi connectivity index (χ4n) is 4.81. The first-order chi connectivity index (χ1) is 17.7. The third-order valence-corrected chi connectivity index (χ3v) is 6.60. The van der Waals surface area contributed by atoms with Crippen molar-refractivity contribution in [2.24, 2.45) is 0 Å². The molecule has 0 bridgehead atoms. The molecule has 36 heavy (non-hydrogen) atoms. The number of nitrogen functional groups attached to an aromatic ring is 1. The Morgan fingerprint density at radius 2 is 1.97 bits per heavy atom. The van der Waals surface area contributed by atoms with E-state index >= 15 is 0 Å². The molecule has 5 aromatic rings. The first-order valence-corrected chi connectivity index (χ1v) is 12.1. The minimum Gasteiger partial charge on any atom is -0.396 e. The van der Waals surface area contributed by atoms with Gasteiger partial charge in [0.2, 0.25) is 5.95 Å². The number of nitrogens with one attached hydrogen (secondary N) is 1. The molecule has 12 heteroatoms. The highest BCUT2D eigenvalue weighted by Crippen LogP contribution is 2.30. The van der Waals surface area contributed by atoms with Crippen molar-refractivity contribution < 1.29 is 5.11 Å². The molecule has 0 radical (unpaired) electrons. The lowest BCUT2D eigenvalue weighted by molar-refractivity contribution is 0.262. The van der Waals surface area contributed by atoms with Gasteiger partial charge in [0, 0.05) is 49.8 Å². The molecule has 0 aliphatic carbocycles. The van der Waals surface area contributed by atoms with Crippen molar-refractivity contribution in [1.29, 1.82) is 0 Å². The van der Waals surface area contributed by atoms with Gasteiger partial charge in [-0.25, -0.2) is 19.6 Å². The predicted octanol–water partition coefficient (Wildman–Crippen LogP) is 2.19. The molecule has 1 aliphatic rings. The molecule has 0 saturated carbocycles. The van der Waals surface area contributed by atoms with Crippen LogP contribution in [0.1, 0.15) is 31.2 Å². The van der Waals surface area contributed by atoms with E-state index in [1.54, 1.807) is 27.8 Å². The van der Waals surface area contributed by atoms with E-state index in [4.69, 9.17) is 10.7 Å². The Morgan fingerprint density at radius 3 is 2.83 bits per heavy atom. The molecule has 4 N–H and O–H groups in total. The Labute approximate surface area is 206 Å². The Morgan fingerprint density at radius 1 is 1.11 bits per heavy atom. The van der Waals surface area contributed by atoms with Crippen molar-refractivity contribution in [3.63, 3.8) is 0 Å². The zero-order chi connectivity index (χ0) is 24.5. The van der Waals surface area contributed by atoms with Crippen LogP contribution < -0.4 is 16.0 Å². The SMILES string of the molecule is Nc1ncc(CNc2cc(N3CCCC[C@H]3CCO)nc3c(-n4nnc5ccccc54)cnn23)cn1. The van der Waals surface area contributed by atoms with E-state index in [1.807, 2.05) is 30.3 Å². The van der Waals surface area contributed by atoms with Crippen LogP contribution in [-0.4, -0.2) is 63.9 Å². The van der Waals surface area contributed by atoms with E-state index in [9.17, 15) is 5.11 Å². The minimum atomic E-state index is 0.147. The van der Waals surface area contributed by atoms with E-state index in [1.165, 1.54) is 0 Å². The number of aliphatic hydroxyl groups excluding tert-OH is 1. The van der Waals surface area contributed by atoms with Crippen molar-refractivity contribution in [3.8, 4) is 5.69 Å². The third-order valence-electron chi connectivity index (χ3n) is 6.60. The normalized spacial score (nSPS) is 16.1. The second kappa shape index (κ2) is 9.38. The number of anilines is 3. The summed E-state index contributed by atoms with van der Waals surface area (Å²) in [5.74, 6) is 1.85. The molecule has 0 spiro atoms.